The van der Waals surface area contributed by atoms with Gasteiger partial charge in [-0.3, -0.25) is 9.59 Å². The van der Waals surface area contributed by atoms with Crippen LogP contribution in [0.4, 0.5) is 5.69 Å². The van der Waals surface area contributed by atoms with Crippen LogP contribution in [0, 0.1) is 23.7 Å². The van der Waals surface area contributed by atoms with E-state index in [0.717, 1.165) is 36.3 Å². The largest absolute Gasteiger partial charge is 0.481 e. The Morgan fingerprint density at radius 2 is 1.68 bits per heavy atom. The Kier molecular flexibility index (Phi) is 4.43. The molecule has 22 heavy (non-hydrogen) atoms. The molecule has 3 fully saturated rings. The van der Waals surface area contributed by atoms with Gasteiger partial charge in [-0.1, -0.05) is 12.1 Å². The van der Waals surface area contributed by atoms with E-state index in [0.29, 0.717) is 0 Å². The fourth-order valence-electron chi connectivity index (χ4n) is 4.15. The molecule has 0 unspecified atom stereocenters. The molecule has 0 radical (unpaired) electrons. The van der Waals surface area contributed by atoms with Crippen molar-refractivity contribution in [3.05, 3.63) is 24.3 Å². The second-order valence-corrected chi connectivity index (χ2v) is 7.10. The molecule has 4 nitrogen and oxygen atoms in total. The number of carbonyl (C=O) groups excluding carboxylic acids is 1. The van der Waals surface area contributed by atoms with Crippen LogP contribution in [0.25, 0.3) is 0 Å². The predicted molar refractivity (Wildman–Crippen MR) is 86.9 cm³/mol. The molecule has 0 spiro atoms. The van der Waals surface area contributed by atoms with Crippen LogP contribution >= 0.6 is 11.8 Å². The first-order valence-electron chi connectivity index (χ1n) is 7.78. The highest BCUT2D eigenvalue weighted by Gasteiger charge is 2.50. The number of aliphatic carboxylic acids is 1. The van der Waals surface area contributed by atoms with Crippen LogP contribution in [0.1, 0.15) is 25.7 Å². The van der Waals surface area contributed by atoms with Crippen LogP contribution in [0.5, 0.6) is 0 Å². The van der Waals surface area contributed by atoms with Gasteiger partial charge < -0.3 is 10.4 Å². The number of rotatable bonds is 4. The fraction of sp³-hybridized carbons (Fsp3) is 0.529. The van der Waals surface area contributed by atoms with E-state index in [1.807, 2.05) is 30.5 Å². The van der Waals surface area contributed by atoms with Crippen molar-refractivity contribution in [2.75, 3.05) is 11.6 Å². The van der Waals surface area contributed by atoms with Crippen LogP contribution in [-0.2, 0) is 9.59 Å². The van der Waals surface area contributed by atoms with Crippen LogP contribution < -0.4 is 5.32 Å². The molecule has 1 amide bonds. The summed E-state index contributed by atoms with van der Waals surface area (Å²) in [5.41, 5.74) is 0.783. The number of hydrogen-bond acceptors (Lipinski definition) is 3. The van der Waals surface area contributed by atoms with Crippen LogP contribution in [0.3, 0.4) is 0 Å². The fourth-order valence-corrected chi connectivity index (χ4v) is 4.70. The summed E-state index contributed by atoms with van der Waals surface area (Å²) in [7, 11) is 0. The van der Waals surface area contributed by atoms with Gasteiger partial charge in [0.25, 0.3) is 0 Å². The molecule has 3 aliphatic rings. The zero-order valence-electron chi connectivity index (χ0n) is 12.6. The number of carboxylic acid groups (broad SMARTS) is 1. The lowest BCUT2D eigenvalue weighted by molar-refractivity contribution is -0.156. The van der Waals surface area contributed by atoms with Crippen molar-refractivity contribution in [2.24, 2.45) is 23.7 Å². The van der Waals surface area contributed by atoms with E-state index in [2.05, 4.69) is 5.32 Å². The number of carboxylic acids is 1. The molecule has 2 atom stereocenters. The number of benzene rings is 1. The van der Waals surface area contributed by atoms with Crippen molar-refractivity contribution in [1.29, 1.82) is 0 Å². The number of hydrogen-bond donors (Lipinski definition) is 2. The summed E-state index contributed by atoms with van der Waals surface area (Å²) in [6, 6.07) is 7.66. The lowest BCUT2D eigenvalue weighted by Gasteiger charge is -2.45. The number of anilines is 1. The third-order valence-corrected chi connectivity index (χ3v) is 5.97. The Labute approximate surface area is 134 Å². The predicted octanol–water partition coefficient (Wildman–Crippen LogP) is 3.48. The number of thioether (sulfide) groups is 1. The van der Waals surface area contributed by atoms with E-state index >= 15 is 0 Å². The third-order valence-electron chi connectivity index (χ3n) is 5.17. The van der Waals surface area contributed by atoms with E-state index in [4.69, 9.17) is 0 Å². The molecular formula is C17H21NO3S. The molecule has 3 aliphatic carbocycles. The van der Waals surface area contributed by atoms with Crippen molar-refractivity contribution < 1.29 is 14.7 Å². The Hall–Kier alpha value is -1.49. The smallest absolute Gasteiger partial charge is 0.307 e. The molecule has 0 aliphatic heterocycles. The summed E-state index contributed by atoms with van der Waals surface area (Å²) in [5.74, 6) is -1.47. The Morgan fingerprint density at radius 1 is 1.09 bits per heavy atom. The van der Waals surface area contributed by atoms with Crippen LogP contribution in [-0.4, -0.2) is 23.2 Å². The van der Waals surface area contributed by atoms with Crippen LogP contribution in [0.2, 0.25) is 0 Å². The molecule has 0 aromatic heterocycles. The lowest BCUT2D eigenvalue weighted by atomic mass is 9.58. The molecule has 5 heteroatoms. The SMILES string of the molecule is CSc1ccccc1NC(=O)[C@@H]1C2CCC(CC2)[C@H]1C(=O)O. The van der Waals surface area contributed by atoms with E-state index in [1.54, 1.807) is 11.8 Å². The molecule has 1 aromatic rings. The molecule has 2 bridgehead atoms. The lowest BCUT2D eigenvalue weighted by Crippen LogP contribution is -2.49. The number of amides is 1. The molecule has 4 rings (SSSR count). The molecular weight excluding hydrogens is 298 g/mol. The third kappa shape index (κ3) is 2.74. The number of fused-ring (bicyclic) bond motifs is 3. The minimum Gasteiger partial charge on any atom is -0.481 e. The first-order chi connectivity index (χ1) is 10.6. The monoisotopic (exact) mass is 319 g/mol. The van der Waals surface area contributed by atoms with Gasteiger partial charge in [0.15, 0.2) is 0 Å². The summed E-state index contributed by atoms with van der Waals surface area (Å²) in [4.78, 5) is 25.4. The van der Waals surface area contributed by atoms with E-state index in [1.165, 1.54) is 0 Å². The standard InChI is InChI=1S/C17H21NO3S/c1-22-13-5-3-2-4-12(13)18-16(19)14-10-6-8-11(9-7-10)15(14)17(20)21/h2-5,10-11,14-15H,6-9H2,1H3,(H,18,19)(H,20,21)/t10?,11?,14-,15-/m1/s1. The molecule has 118 valence electrons. The Balaban J connectivity index is 1.82. The minimum atomic E-state index is -0.812. The van der Waals surface area contributed by atoms with Gasteiger partial charge in [0.2, 0.25) is 5.91 Å². The normalized spacial score (nSPS) is 30.0. The van der Waals surface area contributed by atoms with Crippen molar-refractivity contribution in [3.8, 4) is 0 Å². The second-order valence-electron chi connectivity index (χ2n) is 6.25. The molecule has 3 saturated carbocycles. The second kappa shape index (κ2) is 6.32. The summed E-state index contributed by atoms with van der Waals surface area (Å²) in [6.45, 7) is 0. The van der Waals surface area contributed by atoms with Crippen LogP contribution in [0.15, 0.2) is 29.2 Å². The van der Waals surface area contributed by atoms with Crippen molar-refractivity contribution in [3.63, 3.8) is 0 Å². The summed E-state index contributed by atoms with van der Waals surface area (Å²) in [6.07, 6.45) is 5.83. The van der Waals surface area contributed by atoms with Gasteiger partial charge in [-0.05, 0) is 55.9 Å². The highest BCUT2D eigenvalue weighted by molar-refractivity contribution is 7.98. The summed E-state index contributed by atoms with van der Waals surface area (Å²) < 4.78 is 0. The molecule has 1 aromatic carbocycles. The minimum absolute atomic E-state index is 0.122. The first-order valence-corrected chi connectivity index (χ1v) is 9.01. The number of para-hydroxylation sites is 1. The maximum atomic E-state index is 12.8. The van der Waals surface area contributed by atoms with E-state index in [-0.39, 0.29) is 23.7 Å². The Morgan fingerprint density at radius 3 is 2.27 bits per heavy atom. The summed E-state index contributed by atoms with van der Waals surface area (Å²) in [5, 5.41) is 12.5. The highest BCUT2D eigenvalue weighted by atomic mass is 32.2. The van der Waals surface area contributed by atoms with Crippen molar-refractivity contribution in [1.82, 2.24) is 0 Å². The zero-order valence-corrected chi connectivity index (χ0v) is 13.4. The maximum absolute atomic E-state index is 12.8. The van der Waals surface area contributed by atoms with Gasteiger partial charge in [-0.15, -0.1) is 11.8 Å². The van der Waals surface area contributed by atoms with Crippen molar-refractivity contribution >= 4 is 29.3 Å². The van der Waals surface area contributed by atoms with E-state index < -0.39 is 11.9 Å². The highest BCUT2D eigenvalue weighted by Crippen LogP contribution is 2.49. The van der Waals surface area contributed by atoms with Crippen molar-refractivity contribution in [2.45, 2.75) is 30.6 Å². The van der Waals surface area contributed by atoms with Gasteiger partial charge in [-0.25, -0.2) is 0 Å². The average Bonchev–Trinajstić information content (AvgIpc) is 2.55. The number of nitrogens with one attached hydrogen (secondary N) is 1. The van der Waals surface area contributed by atoms with E-state index in [9.17, 15) is 14.7 Å². The average molecular weight is 319 g/mol. The Bertz CT molecular complexity index is 581. The van der Waals surface area contributed by atoms with Gasteiger partial charge in [0.05, 0.1) is 17.5 Å². The van der Waals surface area contributed by atoms with Gasteiger partial charge >= 0.3 is 5.97 Å². The first kappa shape index (κ1) is 15.4. The summed E-state index contributed by atoms with van der Waals surface area (Å²) >= 11 is 1.58. The molecule has 0 saturated heterocycles. The van der Waals surface area contributed by atoms with Gasteiger partial charge in [-0.2, -0.15) is 0 Å². The maximum Gasteiger partial charge on any atom is 0.307 e. The topological polar surface area (TPSA) is 66.4 Å². The van der Waals surface area contributed by atoms with Gasteiger partial charge in [0.1, 0.15) is 0 Å². The molecule has 0 heterocycles. The zero-order chi connectivity index (χ0) is 15.7. The van der Waals surface area contributed by atoms with Gasteiger partial charge in [0, 0.05) is 4.90 Å². The quantitative estimate of drug-likeness (QED) is 0.834. The number of carbonyl (C=O) groups is 2. The molecule has 2 N–H and O–H groups in total.